The van der Waals surface area contributed by atoms with Gasteiger partial charge in [-0.1, -0.05) is 12.1 Å². The molecule has 1 unspecified atom stereocenters. The Bertz CT molecular complexity index is 772. The Morgan fingerprint density at radius 2 is 2.04 bits per heavy atom. The van der Waals surface area contributed by atoms with Gasteiger partial charge in [-0.2, -0.15) is 0 Å². The molecular weight excluding hydrogens is 332 g/mol. The molecule has 2 aliphatic heterocycles. The molecule has 1 atom stereocenters. The minimum absolute atomic E-state index is 0.121. The molecule has 0 aromatic heterocycles. The number of nitrogens with one attached hydrogen (secondary N) is 1. The Kier molecular flexibility index (Phi) is 4.28. The SMILES string of the molecule is CN(Cc1ccc2c(c1)C(=O)N(C1CCC(=O)NC1=O)C2)C1CC(N)C1. The van der Waals surface area contributed by atoms with Crippen LogP contribution in [0.25, 0.3) is 0 Å². The van der Waals surface area contributed by atoms with Gasteiger partial charge >= 0.3 is 0 Å². The van der Waals surface area contributed by atoms with Crippen molar-refractivity contribution in [3.05, 3.63) is 34.9 Å². The Labute approximate surface area is 152 Å². The van der Waals surface area contributed by atoms with Crippen LogP contribution in [0.2, 0.25) is 0 Å². The lowest BCUT2D eigenvalue weighted by atomic mass is 9.86. The van der Waals surface area contributed by atoms with Crippen LogP contribution in [-0.2, 0) is 22.7 Å². The van der Waals surface area contributed by atoms with E-state index >= 15 is 0 Å². The van der Waals surface area contributed by atoms with Gasteiger partial charge in [-0.05, 0) is 43.5 Å². The minimum Gasteiger partial charge on any atom is -0.328 e. The first-order valence-corrected chi connectivity index (χ1v) is 9.14. The molecule has 26 heavy (non-hydrogen) atoms. The van der Waals surface area contributed by atoms with Crippen LogP contribution in [0.15, 0.2) is 18.2 Å². The number of hydrogen-bond donors (Lipinski definition) is 2. The highest BCUT2D eigenvalue weighted by molar-refractivity contribution is 6.05. The molecule has 7 nitrogen and oxygen atoms in total. The van der Waals surface area contributed by atoms with Crippen molar-refractivity contribution in [1.82, 2.24) is 15.1 Å². The van der Waals surface area contributed by atoms with Crippen molar-refractivity contribution in [3.8, 4) is 0 Å². The summed E-state index contributed by atoms with van der Waals surface area (Å²) in [4.78, 5) is 40.1. The van der Waals surface area contributed by atoms with E-state index in [0.717, 1.165) is 30.5 Å². The lowest BCUT2D eigenvalue weighted by Gasteiger charge is -2.39. The van der Waals surface area contributed by atoms with Gasteiger partial charge in [0, 0.05) is 37.2 Å². The van der Waals surface area contributed by atoms with E-state index in [2.05, 4.69) is 23.3 Å². The average Bonchev–Trinajstić information content (AvgIpc) is 2.88. The van der Waals surface area contributed by atoms with Crippen molar-refractivity contribution in [2.45, 2.75) is 56.9 Å². The second kappa shape index (κ2) is 6.48. The van der Waals surface area contributed by atoms with Crippen molar-refractivity contribution >= 4 is 17.7 Å². The van der Waals surface area contributed by atoms with Gasteiger partial charge in [0.2, 0.25) is 11.8 Å². The fourth-order valence-electron chi connectivity index (χ4n) is 4.11. The molecule has 1 saturated carbocycles. The molecule has 0 spiro atoms. The standard InChI is InChI=1S/C19H24N4O3/c1-22(14-7-13(20)8-14)9-11-2-3-12-10-23(19(26)15(12)6-11)16-4-5-17(24)21-18(16)25/h2-3,6,13-14,16H,4-5,7-10,20H2,1H3,(H,21,24,25). The van der Waals surface area contributed by atoms with Crippen molar-refractivity contribution in [3.63, 3.8) is 0 Å². The van der Waals surface area contributed by atoms with Gasteiger partial charge in [0.1, 0.15) is 6.04 Å². The molecule has 3 amide bonds. The van der Waals surface area contributed by atoms with E-state index in [1.54, 1.807) is 4.90 Å². The molecule has 7 heteroatoms. The van der Waals surface area contributed by atoms with Crippen molar-refractivity contribution in [1.29, 1.82) is 0 Å². The number of carbonyl (C=O) groups is 3. The van der Waals surface area contributed by atoms with E-state index in [-0.39, 0.29) is 24.1 Å². The van der Waals surface area contributed by atoms with Gasteiger partial charge < -0.3 is 10.6 Å². The summed E-state index contributed by atoms with van der Waals surface area (Å²) in [5.41, 5.74) is 8.57. The average molecular weight is 356 g/mol. The zero-order chi connectivity index (χ0) is 18.4. The third-order valence-electron chi connectivity index (χ3n) is 5.80. The zero-order valence-corrected chi connectivity index (χ0v) is 14.9. The molecule has 1 saturated heterocycles. The third kappa shape index (κ3) is 3.01. The van der Waals surface area contributed by atoms with Crippen molar-refractivity contribution in [2.24, 2.45) is 5.73 Å². The maximum atomic E-state index is 12.8. The van der Waals surface area contributed by atoms with Gasteiger partial charge in [-0.15, -0.1) is 0 Å². The number of fused-ring (bicyclic) bond motifs is 1. The maximum Gasteiger partial charge on any atom is 0.255 e. The molecule has 1 aromatic carbocycles. The van der Waals surface area contributed by atoms with Gasteiger partial charge in [-0.25, -0.2) is 0 Å². The largest absolute Gasteiger partial charge is 0.328 e. The first kappa shape index (κ1) is 17.2. The fourth-order valence-corrected chi connectivity index (χ4v) is 4.11. The van der Waals surface area contributed by atoms with Crippen LogP contribution < -0.4 is 11.1 Å². The number of rotatable bonds is 4. The fraction of sp³-hybridized carbons (Fsp3) is 0.526. The van der Waals surface area contributed by atoms with Crippen LogP contribution in [-0.4, -0.2) is 52.7 Å². The number of carbonyl (C=O) groups excluding carboxylic acids is 3. The minimum atomic E-state index is -0.560. The second-order valence-electron chi connectivity index (χ2n) is 7.69. The second-order valence-corrected chi connectivity index (χ2v) is 7.69. The maximum absolute atomic E-state index is 12.8. The highest BCUT2D eigenvalue weighted by Crippen LogP contribution is 2.29. The van der Waals surface area contributed by atoms with E-state index in [0.29, 0.717) is 30.6 Å². The Balaban J connectivity index is 1.47. The van der Waals surface area contributed by atoms with Gasteiger partial charge in [0.15, 0.2) is 0 Å². The highest BCUT2D eigenvalue weighted by Gasteiger charge is 2.39. The first-order valence-electron chi connectivity index (χ1n) is 9.14. The van der Waals surface area contributed by atoms with Gasteiger partial charge in [0.25, 0.3) is 5.91 Å². The molecule has 2 heterocycles. The predicted molar refractivity (Wildman–Crippen MR) is 95.0 cm³/mol. The van der Waals surface area contributed by atoms with E-state index in [9.17, 15) is 14.4 Å². The summed E-state index contributed by atoms with van der Waals surface area (Å²) in [6, 6.07) is 6.23. The topological polar surface area (TPSA) is 95.7 Å². The Morgan fingerprint density at radius 3 is 2.73 bits per heavy atom. The first-order chi connectivity index (χ1) is 12.4. The molecular formula is C19H24N4O3. The zero-order valence-electron chi connectivity index (χ0n) is 14.9. The number of nitrogens with zero attached hydrogens (tertiary/aromatic N) is 2. The van der Waals surface area contributed by atoms with E-state index in [1.807, 2.05) is 12.1 Å². The van der Waals surface area contributed by atoms with Gasteiger partial charge in [0.05, 0.1) is 0 Å². The van der Waals surface area contributed by atoms with E-state index in [4.69, 9.17) is 5.73 Å². The predicted octanol–water partition coefficient (Wildman–Crippen LogP) is 0.369. The smallest absolute Gasteiger partial charge is 0.255 e. The number of benzene rings is 1. The molecule has 1 aromatic rings. The Morgan fingerprint density at radius 1 is 1.27 bits per heavy atom. The summed E-state index contributed by atoms with van der Waals surface area (Å²) >= 11 is 0. The quantitative estimate of drug-likeness (QED) is 0.760. The molecule has 138 valence electrons. The van der Waals surface area contributed by atoms with Crippen LogP contribution in [0.1, 0.15) is 47.2 Å². The molecule has 0 bridgehead atoms. The van der Waals surface area contributed by atoms with Crippen molar-refractivity contribution in [2.75, 3.05) is 7.05 Å². The van der Waals surface area contributed by atoms with Gasteiger partial charge in [-0.3, -0.25) is 24.6 Å². The molecule has 4 rings (SSSR count). The van der Waals surface area contributed by atoms with Crippen LogP contribution in [0.3, 0.4) is 0 Å². The number of hydrogen-bond acceptors (Lipinski definition) is 5. The normalized spacial score (nSPS) is 28.2. The van der Waals surface area contributed by atoms with Crippen LogP contribution in [0.5, 0.6) is 0 Å². The molecule has 3 aliphatic rings. The molecule has 0 radical (unpaired) electrons. The van der Waals surface area contributed by atoms with Crippen LogP contribution >= 0.6 is 0 Å². The number of piperidine rings is 1. The lowest BCUT2D eigenvalue weighted by Crippen LogP contribution is -2.52. The van der Waals surface area contributed by atoms with Crippen LogP contribution in [0, 0.1) is 0 Å². The van der Waals surface area contributed by atoms with Crippen LogP contribution in [0.4, 0.5) is 0 Å². The third-order valence-corrected chi connectivity index (χ3v) is 5.80. The summed E-state index contributed by atoms with van der Waals surface area (Å²) < 4.78 is 0. The molecule has 2 fully saturated rings. The number of nitrogens with two attached hydrogens (primary N) is 1. The summed E-state index contributed by atoms with van der Waals surface area (Å²) in [6.45, 7) is 1.20. The van der Waals surface area contributed by atoms with Crippen molar-refractivity contribution < 1.29 is 14.4 Å². The van der Waals surface area contributed by atoms with E-state index < -0.39 is 6.04 Å². The monoisotopic (exact) mass is 356 g/mol. The van der Waals surface area contributed by atoms with E-state index in [1.165, 1.54) is 0 Å². The summed E-state index contributed by atoms with van der Waals surface area (Å²) in [6.07, 6.45) is 2.70. The number of amides is 3. The summed E-state index contributed by atoms with van der Waals surface area (Å²) in [5.74, 6) is -0.759. The lowest BCUT2D eigenvalue weighted by molar-refractivity contribution is -0.136. The summed E-state index contributed by atoms with van der Waals surface area (Å²) in [7, 11) is 2.08. The number of imide groups is 1. The highest BCUT2D eigenvalue weighted by atomic mass is 16.2. The molecule has 3 N–H and O–H groups in total. The Hall–Kier alpha value is -2.25. The summed E-state index contributed by atoms with van der Waals surface area (Å²) in [5, 5.41) is 2.33. The molecule has 1 aliphatic carbocycles.